The summed E-state index contributed by atoms with van der Waals surface area (Å²) < 4.78 is 0. The molecule has 1 aromatic heterocycles. The van der Waals surface area contributed by atoms with Crippen LogP contribution in [0.2, 0.25) is 0 Å². The van der Waals surface area contributed by atoms with Crippen LogP contribution >= 0.6 is 0 Å². The molecule has 0 radical (unpaired) electrons. The van der Waals surface area contributed by atoms with Crippen molar-refractivity contribution in [1.82, 2.24) is 10.3 Å². The number of aryl methyl sites for hydroxylation is 1. The van der Waals surface area contributed by atoms with E-state index in [4.69, 9.17) is 0 Å². The molecule has 1 aromatic carbocycles. The molecule has 2 aromatic rings. The molecule has 1 N–H and O–H groups in total. The fraction of sp³-hybridized carbons (Fsp3) is 0.350. The lowest BCUT2D eigenvalue weighted by molar-refractivity contribution is -0.139. The minimum atomic E-state index is -1.16. The lowest BCUT2D eigenvalue weighted by atomic mass is 9.89. The predicted molar refractivity (Wildman–Crippen MR) is 99.1 cm³/mol. The Morgan fingerprint density at radius 2 is 1.96 bits per heavy atom. The third kappa shape index (κ3) is 4.44. The highest BCUT2D eigenvalue weighted by Crippen LogP contribution is 2.25. The van der Waals surface area contributed by atoms with E-state index < -0.39 is 5.41 Å². The first kappa shape index (κ1) is 18.6. The van der Waals surface area contributed by atoms with Gasteiger partial charge in [-0.05, 0) is 57.0 Å². The van der Waals surface area contributed by atoms with Crippen LogP contribution in [-0.4, -0.2) is 23.3 Å². The van der Waals surface area contributed by atoms with E-state index in [0.717, 1.165) is 16.8 Å². The monoisotopic (exact) mass is 339 g/mol. The molecule has 2 amide bonds. The molecule has 5 nitrogen and oxygen atoms in total. The maximum absolute atomic E-state index is 13.0. The minimum absolute atomic E-state index is 0.218. The van der Waals surface area contributed by atoms with Crippen molar-refractivity contribution in [2.45, 2.75) is 34.2 Å². The van der Waals surface area contributed by atoms with Crippen molar-refractivity contribution in [2.24, 2.45) is 5.41 Å². The van der Waals surface area contributed by atoms with Crippen molar-refractivity contribution >= 4 is 17.5 Å². The summed E-state index contributed by atoms with van der Waals surface area (Å²) in [4.78, 5) is 31.3. The van der Waals surface area contributed by atoms with Crippen molar-refractivity contribution in [3.05, 3.63) is 59.9 Å². The number of nitrogens with one attached hydrogen (secondary N) is 1. The molecule has 0 fully saturated rings. The Kier molecular flexibility index (Phi) is 5.91. The van der Waals surface area contributed by atoms with Gasteiger partial charge in [-0.2, -0.15) is 0 Å². The maximum atomic E-state index is 13.0. The van der Waals surface area contributed by atoms with Gasteiger partial charge in [0.2, 0.25) is 11.8 Å². The quantitative estimate of drug-likeness (QED) is 0.823. The van der Waals surface area contributed by atoms with E-state index in [1.165, 1.54) is 0 Å². The number of hydrogen-bond acceptors (Lipinski definition) is 3. The second-order valence-corrected chi connectivity index (χ2v) is 6.56. The van der Waals surface area contributed by atoms with Gasteiger partial charge in [-0.1, -0.05) is 18.2 Å². The van der Waals surface area contributed by atoms with E-state index in [-0.39, 0.29) is 11.8 Å². The first-order valence-corrected chi connectivity index (χ1v) is 8.42. The highest BCUT2D eigenvalue weighted by molar-refractivity contribution is 6.11. The van der Waals surface area contributed by atoms with E-state index in [0.29, 0.717) is 13.1 Å². The lowest BCUT2D eigenvalue weighted by Crippen LogP contribution is -2.49. The molecule has 0 aliphatic heterocycles. The van der Waals surface area contributed by atoms with Gasteiger partial charge in [-0.25, -0.2) is 0 Å². The topological polar surface area (TPSA) is 62.3 Å². The SMILES string of the molecule is CCN(C(=O)C(C)(C)C(=O)NCc1cccnc1)c1cccc(C)c1. The summed E-state index contributed by atoms with van der Waals surface area (Å²) in [6.07, 6.45) is 3.37. The predicted octanol–water partition coefficient (Wildman–Crippen LogP) is 3.09. The number of anilines is 1. The van der Waals surface area contributed by atoms with Crippen LogP contribution in [0.1, 0.15) is 31.9 Å². The van der Waals surface area contributed by atoms with Crippen LogP contribution in [0.4, 0.5) is 5.69 Å². The second-order valence-electron chi connectivity index (χ2n) is 6.56. The molecular formula is C20H25N3O2. The first-order chi connectivity index (χ1) is 11.9. The molecular weight excluding hydrogens is 314 g/mol. The number of amides is 2. The molecule has 132 valence electrons. The number of carbonyl (C=O) groups excluding carboxylic acids is 2. The number of pyridine rings is 1. The molecule has 0 unspecified atom stereocenters. The zero-order valence-corrected chi connectivity index (χ0v) is 15.2. The van der Waals surface area contributed by atoms with Crippen LogP contribution in [0.5, 0.6) is 0 Å². The summed E-state index contributed by atoms with van der Waals surface area (Å²) in [7, 11) is 0. The summed E-state index contributed by atoms with van der Waals surface area (Å²) in [5, 5.41) is 2.84. The number of benzene rings is 1. The van der Waals surface area contributed by atoms with E-state index in [1.807, 2.05) is 50.2 Å². The third-order valence-corrected chi connectivity index (χ3v) is 4.15. The van der Waals surface area contributed by atoms with Crippen molar-refractivity contribution < 1.29 is 9.59 Å². The van der Waals surface area contributed by atoms with Gasteiger partial charge < -0.3 is 10.2 Å². The number of aromatic nitrogens is 1. The van der Waals surface area contributed by atoms with Crippen LogP contribution < -0.4 is 10.2 Å². The summed E-state index contributed by atoms with van der Waals surface area (Å²) in [6, 6.07) is 11.4. The van der Waals surface area contributed by atoms with Gasteiger partial charge in [0.25, 0.3) is 0 Å². The fourth-order valence-electron chi connectivity index (χ4n) is 2.58. The molecule has 25 heavy (non-hydrogen) atoms. The molecule has 0 aliphatic rings. The molecule has 0 saturated heterocycles. The Balaban J connectivity index is 2.12. The number of rotatable bonds is 6. The smallest absolute Gasteiger partial charge is 0.242 e. The Labute approximate surface area is 149 Å². The van der Waals surface area contributed by atoms with Crippen molar-refractivity contribution in [3.8, 4) is 0 Å². The molecule has 0 spiro atoms. The molecule has 0 atom stereocenters. The molecule has 0 saturated carbocycles. The third-order valence-electron chi connectivity index (χ3n) is 4.15. The van der Waals surface area contributed by atoms with E-state index in [9.17, 15) is 9.59 Å². The lowest BCUT2D eigenvalue weighted by Gasteiger charge is -2.30. The van der Waals surface area contributed by atoms with Crippen LogP contribution in [0.3, 0.4) is 0 Å². The molecule has 0 aliphatic carbocycles. The van der Waals surface area contributed by atoms with Crippen molar-refractivity contribution in [1.29, 1.82) is 0 Å². The highest BCUT2D eigenvalue weighted by Gasteiger charge is 2.39. The number of hydrogen-bond donors (Lipinski definition) is 1. The molecule has 1 heterocycles. The molecule has 5 heteroatoms. The van der Waals surface area contributed by atoms with Gasteiger partial charge in [0.05, 0.1) is 0 Å². The summed E-state index contributed by atoms with van der Waals surface area (Å²) >= 11 is 0. The van der Waals surface area contributed by atoms with Crippen LogP contribution in [0.15, 0.2) is 48.8 Å². The minimum Gasteiger partial charge on any atom is -0.351 e. The summed E-state index contributed by atoms with van der Waals surface area (Å²) in [5.74, 6) is -0.517. The van der Waals surface area contributed by atoms with Gasteiger partial charge in [0.15, 0.2) is 0 Å². The van der Waals surface area contributed by atoms with E-state index >= 15 is 0 Å². The van der Waals surface area contributed by atoms with Crippen LogP contribution in [0.25, 0.3) is 0 Å². The zero-order valence-electron chi connectivity index (χ0n) is 15.2. The Morgan fingerprint density at radius 1 is 1.20 bits per heavy atom. The standard InChI is InChI=1S/C20H25N3O2/c1-5-23(17-10-6-8-15(2)12-17)19(25)20(3,4)18(24)22-14-16-9-7-11-21-13-16/h6-13H,5,14H2,1-4H3,(H,22,24). The Hall–Kier alpha value is -2.69. The first-order valence-electron chi connectivity index (χ1n) is 8.42. The van der Waals surface area contributed by atoms with Gasteiger partial charge in [-0.3, -0.25) is 14.6 Å². The Morgan fingerprint density at radius 3 is 2.56 bits per heavy atom. The van der Waals surface area contributed by atoms with Crippen LogP contribution in [-0.2, 0) is 16.1 Å². The molecule has 2 rings (SSSR count). The Bertz CT molecular complexity index is 742. The second kappa shape index (κ2) is 7.92. The normalized spacial score (nSPS) is 11.0. The number of carbonyl (C=O) groups is 2. The van der Waals surface area contributed by atoms with Crippen molar-refractivity contribution in [2.75, 3.05) is 11.4 Å². The average molecular weight is 339 g/mol. The largest absolute Gasteiger partial charge is 0.351 e. The zero-order chi connectivity index (χ0) is 18.4. The van der Waals surface area contributed by atoms with E-state index in [2.05, 4.69) is 10.3 Å². The van der Waals surface area contributed by atoms with Gasteiger partial charge in [0.1, 0.15) is 5.41 Å². The van der Waals surface area contributed by atoms with E-state index in [1.54, 1.807) is 31.1 Å². The van der Waals surface area contributed by atoms with Gasteiger partial charge >= 0.3 is 0 Å². The van der Waals surface area contributed by atoms with Crippen molar-refractivity contribution in [3.63, 3.8) is 0 Å². The van der Waals surface area contributed by atoms with Gasteiger partial charge in [0, 0.05) is 31.2 Å². The maximum Gasteiger partial charge on any atom is 0.242 e. The van der Waals surface area contributed by atoms with Crippen LogP contribution in [0, 0.1) is 12.3 Å². The average Bonchev–Trinajstić information content (AvgIpc) is 2.61. The fourth-order valence-corrected chi connectivity index (χ4v) is 2.58. The number of nitrogens with zero attached hydrogens (tertiary/aromatic N) is 2. The molecule has 0 bridgehead atoms. The summed E-state index contributed by atoms with van der Waals surface area (Å²) in [5.41, 5.74) is 1.61. The summed E-state index contributed by atoms with van der Waals surface area (Å²) in [6.45, 7) is 8.05. The highest BCUT2D eigenvalue weighted by atomic mass is 16.2. The van der Waals surface area contributed by atoms with Gasteiger partial charge in [-0.15, -0.1) is 0 Å².